The summed E-state index contributed by atoms with van der Waals surface area (Å²) in [6, 6.07) is 7.18. The number of carboxylic acid groups (broad SMARTS) is 1. The van der Waals surface area contributed by atoms with E-state index < -0.39 is 17.6 Å². The fourth-order valence-electron chi connectivity index (χ4n) is 1.57. The fourth-order valence-corrected chi connectivity index (χ4v) is 1.57. The predicted octanol–water partition coefficient (Wildman–Crippen LogP) is 3.76. The van der Waals surface area contributed by atoms with Gasteiger partial charge in [-0.1, -0.05) is 0 Å². The van der Waals surface area contributed by atoms with Gasteiger partial charge in [0, 0.05) is 6.07 Å². The molecule has 5 heteroatoms. The fraction of sp³-hybridized carbons (Fsp3) is 0.0714. The summed E-state index contributed by atoms with van der Waals surface area (Å²) in [4.78, 5) is 10.8. The topological polar surface area (TPSA) is 46.5 Å². The van der Waals surface area contributed by atoms with E-state index in [1.54, 1.807) is 6.92 Å². The molecule has 0 aliphatic rings. The first-order chi connectivity index (χ1) is 8.97. The molecular weight excluding hydrogens is 254 g/mol. The van der Waals surface area contributed by atoms with Gasteiger partial charge in [0.25, 0.3) is 0 Å². The minimum Gasteiger partial charge on any atom is -0.478 e. The molecule has 0 saturated carbocycles. The van der Waals surface area contributed by atoms with Gasteiger partial charge in [-0.25, -0.2) is 13.6 Å². The first kappa shape index (κ1) is 13.0. The minimum absolute atomic E-state index is 0.115. The number of halogens is 2. The van der Waals surface area contributed by atoms with Crippen LogP contribution in [-0.4, -0.2) is 11.1 Å². The Morgan fingerprint density at radius 3 is 2.37 bits per heavy atom. The normalized spacial score (nSPS) is 10.3. The molecule has 0 spiro atoms. The van der Waals surface area contributed by atoms with Crippen LogP contribution in [0.15, 0.2) is 36.4 Å². The molecule has 3 nitrogen and oxygen atoms in total. The van der Waals surface area contributed by atoms with Crippen molar-refractivity contribution in [3.05, 3.63) is 59.2 Å². The highest BCUT2D eigenvalue weighted by atomic mass is 19.1. The van der Waals surface area contributed by atoms with E-state index in [-0.39, 0.29) is 11.3 Å². The second kappa shape index (κ2) is 5.06. The van der Waals surface area contributed by atoms with Gasteiger partial charge in [-0.2, -0.15) is 0 Å². The molecular formula is C14H10F2O3. The summed E-state index contributed by atoms with van der Waals surface area (Å²) in [7, 11) is 0. The van der Waals surface area contributed by atoms with Crippen molar-refractivity contribution in [3.8, 4) is 11.5 Å². The van der Waals surface area contributed by atoms with Crippen molar-refractivity contribution in [2.75, 3.05) is 0 Å². The zero-order valence-corrected chi connectivity index (χ0v) is 9.98. The van der Waals surface area contributed by atoms with Gasteiger partial charge in [-0.15, -0.1) is 0 Å². The standard InChI is InChI=1S/C14H10F2O3/c1-8-6-9(14(17)18)2-4-12(8)19-13-5-3-10(15)7-11(13)16/h2-7H,1H3,(H,17,18). The third kappa shape index (κ3) is 2.88. The molecule has 2 aromatic carbocycles. The zero-order valence-electron chi connectivity index (χ0n) is 9.98. The highest BCUT2D eigenvalue weighted by Gasteiger charge is 2.10. The molecule has 0 aliphatic carbocycles. The molecule has 1 N–H and O–H groups in total. The average Bonchev–Trinajstić information content (AvgIpc) is 2.34. The van der Waals surface area contributed by atoms with Crippen LogP contribution in [0.4, 0.5) is 8.78 Å². The lowest BCUT2D eigenvalue weighted by atomic mass is 10.1. The van der Waals surface area contributed by atoms with Gasteiger partial charge in [-0.3, -0.25) is 0 Å². The van der Waals surface area contributed by atoms with Crippen molar-refractivity contribution in [1.82, 2.24) is 0 Å². The molecule has 0 bridgehead atoms. The molecule has 0 radical (unpaired) electrons. The molecule has 0 amide bonds. The Balaban J connectivity index is 2.31. The van der Waals surface area contributed by atoms with Crippen LogP contribution < -0.4 is 4.74 Å². The number of aromatic carboxylic acids is 1. The maximum Gasteiger partial charge on any atom is 0.335 e. The smallest absolute Gasteiger partial charge is 0.335 e. The van der Waals surface area contributed by atoms with Crippen molar-refractivity contribution in [2.45, 2.75) is 6.92 Å². The number of benzene rings is 2. The summed E-state index contributed by atoms with van der Waals surface area (Å²) in [5.41, 5.74) is 0.660. The molecule has 0 fully saturated rings. The minimum atomic E-state index is -1.05. The lowest BCUT2D eigenvalue weighted by Gasteiger charge is -2.10. The first-order valence-corrected chi connectivity index (χ1v) is 5.44. The van der Waals surface area contributed by atoms with E-state index in [0.717, 1.165) is 12.1 Å². The summed E-state index contributed by atoms with van der Waals surface area (Å²) >= 11 is 0. The van der Waals surface area contributed by atoms with Gasteiger partial charge >= 0.3 is 5.97 Å². The maximum absolute atomic E-state index is 13.4. The Kier molecular flexibility index (Phi) is 3.46. The number of rotatable bonds is 3. The summed E-state index contributed by atoms with van der Waals surface area (Å²) < 4.78 is 31.5. The lowest BCUT2D eigenvalue weighted by Crippen LogP contribution is -1.98. The average molecular weight is 264 g/mol. The van der Waals surface area contributed by atoms with E-state index >= 15 is 0 Å². The second-order valence-corrected chi connectivity index (χ2v) is 3.96. The third-order valence-corrected chi connectivity index (χ3v) is 2.54. The van der Waals surface area contributed by atoms with E-state index in [4.69, 9.17) is 9.84 Å². The highest BCUT2D eigenvalue weighted by Crippen LogP contribution is 2.28. The van der Waals surface area contributed by atoms with E-state index in [9.17, 15) is 13.6 Å². The summed E-state index contributed by atoms with van der Waals surface area (Å²) in [6.07, 6.45) is 0. The number of ether oxygens (including phenoxy) is 1. The molecule has 2 aromatic rings. The van der Waals surface area contributed by atoms with Gasteiger partial charge in [0.2, 0.25) is 0 Å². The Labute approximate surface area is 108 Å². The zero-order chi connectivity index (χ0) is 14.0. The third-order valence-electron chi connectivity index (χ3n) is 2.54. The molecule has 0 atom stereocenters. The largest absolute Gasteiger partial charge is 0.478 e. The first-order valence-electron chi connectivity index (χ1n) is 5.44. The van der Waals surface area contributed by atoms with Crippen molar-refractivity contribution in [3.63, 3.8) is 0 Å². The number of hydrogen-bond acceptors (Lipinski definition) is 2. The number of hydrogen-bond donors (Lipinski definition) is 1. The number of aryl methyl sites for hydroxylation is 1. The van der Waals surface area contributed by atoms with Gasteiger partial charge in [-0.05, 0) is 42.8 Å². The molecule has 0 saturated heterocycles. The second-order valence-electron chi connectivity index (χ2n) is 3.96. The molecule has 98 valence electrons. The summed E-state index contributed by atoms with van der Waals surface area (Å²) in [5, 5.41) is 8.82. The van der Waals surface area contributed by atoms with E-state index in [2.05, 4.69) is 0 Å². The summed E-state index contributed by atoms with van der Waals surface area (Å²) in [5.74, 6) is -2.37. The Morgan fingerprint density at radius 2 is 1.79 bits per heavy atom. The van der Waals surface area contributed by atoms with Crippen LogP contribution in [-0.2, 0) is 0 Å². The molecule has 2 rings (SSSR count). The van der Waals surface area contributed by atoms with Gasteiger partial charge < -0.3 is 9.84 Å². The van der Waals surface area contributed by atoms with E-state index in [1.807, 2.05) is 0 Å². The van der Waals surface area contributed by atoms with Crippen LogP contribution >= 0.6 is 0 Å². The maximum atomic E-state index is 13.4. The van der Waals surface area contributed by atoms with Crippen molar-refractivity contribution in [2.24, 2.45) is 0 Å². The van der Waals surface area contributed by atoms with Crippen LogP contribution in [0.2, 0.25) is 0 Å². The molecule has 0 aliphatic heterocycles. The van der Waals surface area contributed by atoms with Crippen molar-refractivity contribution >= 4 is 5.97 Å². The molecule has 19 heavy (non-hydrogen) atoms. The van der Waals surface area contributed by atoms with Crippen molar-refractivity contribution < 1.29 is 23.4 Å². The Hall–Kier alpha value is -2.43. The molecule has 0 aromatic heterocycles. The summed E-state index contributed by atoms with van der Waals surface area (Å²) in [6.45, 7) is 1.64. The Bertz CT molecular complexity index is 639. The van der Waals surface area contributed by atoms with Crippen molar-refractivity contribution in [1.29, 1.82) is 0 Å². The molecule has 0 unspecified atom stereocenters. The van der Waals surface area contributed by atoms with Gasteiger partial charge in [0.05, 0.1) is 5.56 Å². The lowest BCUT2D eigenvalue weighted by molar-refractivity contribution is 0.0696. The number of carboxylic acids is 1. The molecule has 0 heterocycles. The highest BCUT2D eigenvalue weighted by molar-refractivity contribution is 5.88. The van der Waals surface area contributed by atoms with Crippen LogP contribution in [0, 0.1) is 18.6 Å². The van der Waals surface area contributed by atoms with E-state index in [1.165, 1.54) is 24.3 Å². The van der Waals surface area contributed by atoms with Gasteiger partial charge in [0.15, 0.2) is 11.6 Å². The SMILES string of the molecule is Cc1cc(C(=O)O)ccc1Oc1ccc(F)cc1F. The Morgan fingerprint density at radius 1 is 1.11 bits per heavy atom. The van der Waals surface area contributed by atoms with Crippen LogP contribution in [0.3, 0.4) is 0 Å². The van der Waals surface area contributed by atoms with Crippen LogP contribution in [0.1, 0.15) is 15.9 Å². The van der Waals surface area contributed by atoms with Crippen LogP contribution in [0.5, 0.6) is 11.5 Å². The monoisotopic (exact) mass is 264 g/mol. The quantitative estimate of drug-likeness (QED) is 0.918. The number of carbonyl (C=O) groups is 1. The predicted molar refractivity (Wildman–Crippen MR) is 64.6 cm³/mol. The van der Waals surface area contributed by atoms with E-state index in [0.29, 0.717) is 11.3 Å². The van der Waals surface area contributed by atoms with Crippen LogP contribution in [0.25, 0.3) is 0 Å². The van der Waals surface area contributed by atoms with Gasteiger partial charge in [0.1, 0.15) is 11.6 Å².